The van der Waals surface area contributed by atoms with E-state index in [0.29, 0.717) is 46.3 Å². The van der Waals surface area contributed by atoms with Crippen LogP contribution < -0.4 is 0 Å². The predicted octanol–water partition coefficient (Wildman–Crippen LogP) is 5.50. The molecule has 0 spiro atoms. The summed E-state index contributed by atoms with van der Waals surface area (Å²) < 4.78 is 0. The average molecular weight is 435 g/mol. The van der Waals surface area contributed by atoms with E-state index in [1.54, 1.807) is 0 Å². The summed E-state index contributed by atoms with van der Waals surface area (Å²) in [6.45, 7) is 9.22. The van der Waals surface area contributed by atoms with Crippen LogP contribution in [0.25, 0.3) is 0 Å². The quantitative estimate of drug-likeness (QED) is 0.515. The van der Waals surface area contributed by atoms with E-state index in [2.05, 4.69) is 20.8 Å². The molecule has 11 atom stereocenters. The number of hydrogen-bond donors (Lipinski definition) is 3. The second-order valence-electron chi connectivity index (χ2n) is 12.6. The Balaban J connectivity index is 1.46. The molecule has 4 aliphatic carbocycles. The van der Waals surface area contributed by atoms with E-state index in [-0.39, 0.29) is 18.1 Å². The number of carbonyl (C=O) groups is 1. The van der Waals surface area contributed by atoms with Crippen molar-refractivity contribution < 1.29 is 20.1 Å². The molecule has 31 heavy (non-hydrogen) atoms. The smallest absolute Gasteiger partial charge is 0.306 e. The highest BCUT2D eigenvalue weighted by Crippen LogP contribution is 2.68. The summed E-state index contributed by atoms with van der Waals surface area (Å²) in [5.74, 6) is 2.55. The number of aliphatic hydroxyl groups is 2. The van der Waals surface area contributed by atoms with Gasteiger partial charge in [-0.3, -0.25) is 4.79 Å². The maximum absolute atomic E-state index is 11.3. The molecular formula is C27H46O4. The first-order chi connectivity index (χ1) is 14.6. The minimum Gasteiger partial charge on any atom is -0.481 e. The Kier molecular flexibility index (Phi) is 6.55. The molecule has 4 heteroatoms. The summed E-state index contributed by atoms with van der Waals surface area (Å²) in [5, 5.41) is 30.8. The highest BCUT2D eigenvalue weighted by molar-refractivity contribution is 5.69. The van der Waals surface area contributed by atoms with Crippen LogP contribution in [0.4, 0.5) is 0 Å². The third-order valence-electron chi connectivity index (χ3n) is 11.1. The highest BCUT2D eigenvalue weighted by atomic mass is 16.4. The second-order valence-corrected chi connectivity index (χ2v) is 12.6. The Morgan fingerprint density at radius 3 is 2.32 bits per heavy atom. The molecule has 0 aromatic heterocycles. The Morgan fingerprint density at radius 2 is 1.61 bits per heavy atom. The first-order valence-corrected chi connectivity index (χ1v) is 13.2. The zero-order chi connectivity index (χ0) is 22.6. The standard InChI is InChI=1S/C27H46O4/c1-16(6-5-7-17(2)25(30)31)20-8-9-21-24-22(11-13-27(20,21)4)26(3)12-10-19(28)14-18(26)15-23(24)29/h16-24,28-29H,5-15H2,1-4H3,(H,30,31)/t16?,17?,18?,19?,20?,21?,22?,23-,24?,26?,27?/m1/s1. The minimum absolute atomic E-state index is 0.170. The van der Waals surface area contributed by atoms with Crippen LogP contribution in [0, 0.1) is 52.3 Å². The molecule has 0 saturated heterocycles. The van der Waals surface area contributed by atoms with Crippen LogP contribution in [0.5, 0.6) is 0 Å². The van der Waals surface area contributed by atoms with Crippen molar-refractivity contribution in [2.75, 3.05) is 0 Å². The Bertz CT molecular complexity index is 664. The maximum Gasteiger partial charge on any atom is 0.306 e. The molecule has 0 aromatic carbocycles. The van der Waals surface area contributed by atoms with E-state index in [4.69, 9.17) is 5.11 Å². The van der Waals surface area contributed by atoms with E-state index < -0.39 is 5.97 Å². The van der Waals surface area contributed by atoms with Gasteiger partial charge in [0.05, 0.1) is 18.1 Å². The zero-order valence-electron chi connectivity index (χ0n) is 20.2. The van der Waals surface area contributed by atoms with Crippen LogP contribution in [-0.2, 0) is 4.79 Å². The molecule has 0 aliphatic heterocycles. The van der Waals surface area contributed by atoms with Gasteiger partial charge in [0.2, 0.25) is 0 Å². The number of carboxylic acids is 1. The van der Waals surface area contributed by atoms with Crippen LogP contribution >= 0.6 is 0 Å². The first-order valence-electron chi connectivity index (χ1n) is 13.2. The van der Waals surface area contributed by atoms with Gasteiger partial charge in [-0.25, -0.2) is 0 Å². The van der Waals surface area contributed by atoms with Gasteiger partial charge in [-0.15, -0.1) is 0 Å². The van der Waals surface area contributed by atoms with Crippen molar-refractivity contribution in [3.05, 3.63) is 0 Å². The molecule has 10 unspecified atom stereocenters. The van der Waals surface area contributed by atoms with E-state index in [9.17, 15) is 15.0 Å². The minimum atomic E-state index is -0.674. The highest BCUT2D eigenvalue weighted by Gasteiger charge is 2.62. The number of hydrogen-bond acceptors (Lipinski definition) is 3. The molecule has 4 saturated carbocycles. The lowest BCUT2D eigenvalue weighted by Crippen LogP contribution is -2.58. The molecule has 3 N–H and O–H groups in total. The van der Waals surface area contributed by atoms with Crippen molar-refractivity contribution in [1.82, 2.24) is 0 Å². The fraction of sp³-hybridized carbons (Fsp3) is 0.963. The molecule has 0 heterocycles. The van der Waals surface area contributed by atoms with E-state index in [0.717, 1.165) is 44.9 Å². The van der Waals surface area contributed by atoms with Crippen LogP contribution in [0.3, 0.4) is 0 Å². The topological polar surface area (TPSA) is 77.8 Å². The summed E-state index contributed by atoms with van der Waals surface area (Å²) in [6.07, 6.45) is 11.4. The molecule has 4 rings (SSSR count). The van der Waals surface area contributed by atoms with Gasteiger partial charge in [-0.2, -0.15) is 0 Å². The number of carboxylic acid groups (broad SMARTS) is 1. The van der Waals surface area contributed by atoms with E-state index >= 15 is 0 Å². The van der Waals surface area contributed by atoms with Crippen molar-refractivity contribution >= 4 is 5.97 Å². The molecule has 0 amide bonds. The Morgan fingerprint density at radius 1 is 0.935 bits per heavy atom. The second kappa shape index (κ2) is 8.63. The molecule has 4 fully saturated rings. The number of aliphatic carboxylic acids is 1. The van der Waals surface area contributed by atoms with E-state index in [1.165, 1.54) is 25.7 Å². The van der Waals surface area contributed by atoms with Crippen molar-refractivity contribution in [2.45, 2.75) is 111 Å². The van der Waals surface area contributed by atoms with Gasteiger partial charge in [-0.05, 0) is 104 Å². The summed E-state index contributed by atoms with van der Waals surface area (Å²) in [6, 6.07) is 0. The lowest BCUT2D eigenvalue weighted by molar-refractivity contribution is -0.174. The molecule has 4 nitrogen and oxygen atoms in total. The van der Waals surface area contributed by atoms with Gasteiger partial charge in [0.25, 0.3) is 0 Å². The maximum atomic E-state index is 11.3. The molecule has 0 bridgehead atoms. The largest absolute Gasteiger partial charge is 0.481 e. The predicted molar refractivity (Wildman–Crippen MR) is 122 cm³/mol. The monoisotopic (exact) mass is 434 g/mol. The summed E-state index contributed by atoms with van der Waals surface area (Å²) in [5.41, 5.74) is 0.610. The van der Waals surface area contributed by atoms with Gasteiger partial charge in [0.15, 0.2) is 0 Å². The summed E-state index contributed by atoms with van der Waals surface area (Å²) in [7, 11) is 0. The van der Waals surface area contributed by atoms with Gasteiger partial charge < -0.3 is 15.3 Å². The molecule has 4 aliphatic rings. The van der Waals surface area contributed by atoms with Gasteiger partial charge in [-0.1, -0.05) is 40.5 Å². The van der Waals surface area contributed by atoms with Crippen LogP contribution in [0.2, 0.25) is 0 Å². The number of aliphatic hydroxyl groups excluding tert-OH is 2. The summed E-state index contributed by atoms with van der Waals surface area (Å²) >= 11 is 0. The van der Waals surface area contributed by atoms with Crippen molar-refractivity contribution in [3.63, 3.8) is 0 Å². The van der Waals surface area contributed by atoms with Gasteiger partial charge >= 0.3 is 5.97 Å². The van der Waals surface area contributed by atoms with Crippen molar-refractivity contribution in [2.24, 2.45) is 52.3 Å². The van der Waals surface area contributed by atoms with Gasteiger partial charge in [0, 0.05) is 0 Å². The average Bonchev–Trinajstić information content (AvgIpc) is 3.06. The third kappa shape index (κ3) is 3.98. The fourth-order valence-electron chi connectivity index (χ4n) is 9.25. The number of fused-ring (bicyclic) bond motifs is 5. The fourth-order valence-corrected chi connectivity index (χ4v) is 9.25. The lowest BCUT2D eigenvalue weighted by atomic mass is 9.43. The third-order valence-corrected chi connectivity index (χ3v) is 11.1. The lowest BCUT2D eigenvalue weighted by Gasteiger charge is -2.62. The first kappa shape index (κ1) is 23.5. The normalized spacial score (nSPS) is 48.9. The van der Waals surface area contributed by atoms with Crippen molar-refractivity contribution in [1.29, 1.82) is 0 Å². The van der Waals surface area contributed by atoms with Crippen LogP contribution in [0.1, 0.15) is 98.3 Å². The summed E-state index contributed by atoms with van der Waals surface area (Å²) in [4.78, 5) is 11.1. The van der Waals surface area contributed by atoms with E-state index in [1.807, 2.05) is 6.92 Å². The Labute approximate surface area is 189 Å². The SMILES string of the molecule is CC(CCCC(C)C1CCC2C3C(CCC12C)C1(C)CCC(O)CC1C[C@H]3O)C(=O)O. The Hall–Kier alpha value is -0.610. The van der Waals surface area contributed by atoms with Crippen LogP contribution in [0.15, 0.2) is 0 Å². The van der Waals surface area contributed by atoms with Gasteiger partial charge in [0.1, 0.15) is 0 Å². The van der Waals surface area contributed by atoms with Crippen molar-refractivity contribution in [3.8, 4) is 0 Å². The van der Waals surface area contributed by atoms with Crippen LogP contribution in [-0.4, -0.2) is 33.5 Å². The molecule has 178 valence electrons. The molecule has 0 radical (unpaired) electrons. The molecular weight excluding hydrogens is 388 g/mol. The molecule has 0 aromatic rings. The number of rotatable bonds is 6. The zero-order valence-corrected chi connectivity index (χ0v) is 20.2.